The number of benzene rings is 2. The van der Waals surface area contributed by atoms with Crippen LogP contribution in [0.25, 0.3) is 11.4 Å². The lowest BCUT2D eigenvalue weighted by molar-refractivity contribution is -0.113. The Balaban J connectivity index is 1.82. The quantitative estimate of drug-likeness (QED) is 0.479. The maximum Gasteiger partial charge on any atom is 0.234 e. The molecule has 0 aliphatic heterocycles. The Hall–Kier alpha value is -3.20. The van der Waals surface area contributed by atoms with Crippen LogP contribution in [-0.4, -0.2) is 47.8 Å². The SMILES string of the molecule is CCn1c(SCC(=O)Nc2c(C)cccc2C)nnc1-c1cc(OC)c(OC)c(OC)c1. The van der Waals surface area contributed by atoms with E-state index < -0.39 is 0 Å². The van der Waals surface area contributed by atoms with Crippen LogP contribution in [0.2, 0.25) is 0 Å². The first-order chi connectivity index (χ1) is 15.4. The number of aromatic nitrogens is 3. The summed E-state index contributed by atoms with van der Waals surface area (Å²) < 4.78 is 18.3. The summed E-state index contributed by atoms with van der Waals surface area (Å²) in [6.45, 7) is 6.60. The standard InChI is InChI=1S/C23H28N4O4S/c1-7-27-22(16-11-17(29-4)21(31-6)18(12-16)30-5)25-26-23(27)32-13-19(28)24-20-14(2)9-8-10-15(20)3/h8-12H,7,13H2,1-6H3,(H,24,28). The molecule has 0 saturated carbocycles. The molecular formula is C23H28N4O4S. The second-order valence-corrected chi connectivity index (χ2v) is 8.01. The molecule has 1 N–H and O–H groups in total. The summed E-state index contributed by atoms with van der Waals surface area (Å²) in [5, 5.41) is 12.3. The van der Waals surface area contributed by atoms with Gasteiger partial charge >= 0.3 is 0 Å². The van der Waals surface area contributed by atoms with E-state index in [1.165, 1.54) is 11.8 Å². The lowest BCUT2D eigenvalue weighted by Crippen LogP contribution is -2.16. The Morgan fingerprint density at radius 3 is 2.19 bits per heavy atom. The minimum absolute atomic E-state index is 0.0904. The van der Waals surface area contributed by atoms with E-state index in [1.807, 2.05) is 55.7 Å². The zero-order chi connectivity index (χ0) is 23.3. The van der Waals surface area contributed by atoms with Gasteiger partial charge in [-0.05, 0) is 44.0 Å². The lowest BCUT2D eigenvalue weighted by Gasteiger charge is -2.14. The predicted molar refractivity (Wildman–Crippen MR) is 126 cm³/mol. The molecule has 1 heterocycles. The molecule has 3 rings (SSSR count). The number of hydrogen-bond donors (Lipinski definition) is 1. The number of ether oxygens (including phenoxy) is 3. The van der Waals surface area contributed by atoms with Crippen molar-refractivity contribution in [3.8, 4) is 28.6 Å². The molecule has 0 spiro atoms. The number of carbonyl (C=O) groups excluding carboxylic acids is 1. The fourth-order valence-electron chi connectivity index (χ4n) is 3.42. The van der Waals surface area contributed by atoms with Crippen molar-refractivity contribution < 1.29 is 19.0 Å². The number of aryl methyl sites for hydroxylation is 2. The minimum Gasteiger partial charge on any atom is -0.493 e. The van der Waals surface area contributed by atoms with Crippen molar-refractivity contribution >= 4 is 23.4 Å². The molecule has 0 fully saturated rings. The summed E-state index contributed by atoms with van der Waals surface area (Å²) in [7, 11) is 4.70. The van der Waals surface area contributed by atoms with Crippen LogP contribution in [0.4, 0.5) is 5.69 Å². The minimum atomic E-state index is -0.0904. The summed E-state index contributed by atoms with van der Waals surface area (Å²) in [5.41, 5.74) is 3.70. The number of amides is 1. The molecule has 0 unspecified atom stereocenters. The molecule has 170 valence electrons. The van der Waals surface area contributed by atoms with Crippen LogP contribution in [-0.2, 0) is 11.3 Å². The average molecular weight is 457 g/mol. The molecular weight excluding hydrogens is 428 g/mol. The molecule has 0 atom stereocenters. The van der Waals surface area contributed by atoms with Gasteiger partial charge in [0.05, 0.1) is 27.1 Å². The molecule has 9 heteroatoms. The van der Waals surface area contributed by atoms with Crippen molar-refractivity contribution in [3.63, 3.8) is 0 Å². The Labute approximate surface area is 192 Å². The first kappa shape index (κ1) is 23.5. The van der Waals surface area contributed by atoms with Gasteiger partial charge in [-0.2, -0.15) is 0 Å². The first-order valence-corrected chi connectivity index (χ1v) is 11.1. The first-order valence-electron chi connectivity index (χ1n) is 10.2. The molecule has 2 aromatic carbocycles. The number of anilines is 1. The highest BCUT2D eigenvalue weighted by Crippen LogP contribution is 2.41. The Morgan fingerprint density at radius 2 is 1.66 bits per heavy atom. The van der Waals surface area contributed by atoms with Crippen molar-refractivity contribution in [3.05, 3.63) is 41.5 Å². The molecule has 3 aromatic rings. The Bertz CT molecular complexity index is 1070. The number of rotatable bonds is 9. The molecule has 1 amide bonds. The van der Waals surface area contributed by atoms with Gasteiger partial charge in [-0.25, -0.2) is 0 Å². The molecule has 1 aromatic heterocycles. The highest BCUT2D eigenvalue weighted by Gasteiger charge is 2.20. The number of hydrogen-bond acceptors (Lipinski definition) is 7. The van der Waals surface area contributed by atoms with E-state index >= 15 is 0 Å². The molecule has 0 radical (unpaired) electrons. The third-order valence-corrected chi connectivity index (χ3v) is 6.00. The largest absolute Gasteiger partial charge is 0.493 e. The predicted octanol–water partition coefficient (Wildman–Crippen LogP) is 4.34. The van der Waals surface area contributed by atoms with E-state index in [9.17, 15) is 4.79 Å². The van der Waals surface area contributed by atoms with Crippen molar-refractivity contribution in [1.82, 2.24) is 14.8 Å². The monoisotopic (exact) mass is 456 g/mol. The van der Waals surface area contributed by atoms with Crippen LogP contribution in [0.1, 0.15) is 18.1 Å². The highest BCUT2D eigenvalue weighted by molar-refractivity contribution is 7.99. The van der Waals surface area contributed by atoms with Gasteiger partial charge < -0.3 is 24.1 Å². The van der Waals surface area contributed by atoms with Crippen molar-refractivity contribution in [2.75, 3.05) is 32.4 Å². The van der Waals surface area contributed by atoms with Gasteiger partial charge in [-0.15, -0.1) is 10.2 Å². The van der Waals surface area contributed by atoms with Crippen LogP contribution in [0.5, 0.6) is 17.2 Å². The van der Waals surface area contributed by atoms with Gasteiger partial charge in [0, 0.05) is 17.8 Å². The molecule has 8 nitrogen and oxygen atoms in total. The van der Waals surface area contributed by atoms with E-state index in [4.69, 9.17) is 14.2 Å². The number of nitrogens with one attached hydrogen (secondary N) is 1. The topological polar surface area (TPSA) is 87.5 Å². The fraction of sp³-hybridized carbons (Fsp3) is 0.348. The molecule has 32 heavy (non-hydrogen) atoms. The van der Waals surface area contributed by atoms with Crippen LogP contribution >= 0.6 is 11.8 Å². The third-order valence-electron chi connectivity index (χ3n) is 5.03. The van der Waals surface area contributed by atoms with E-state index in [0.717, 1.165) is 22.4 Å². The van der Waals surface area contributed by atoms with Gasteiger partial charge in [0.2, 0.25) is 11.7 Å². The maximum atomic E-state index is 12.6. The van der Waals surface area contributed by atoms with Gasteiger partial charge in [0.1, 0.15) is 0 Å². The summed E-state index contributed by atoms with van der Waals surface area (Å²) in [6, 6.07) is 9.60. The Kier molecular flexibility index (Phi) is 7.63. The lowest BCUT2D eigenvalue weighted by atomic mass is 10.1. The number of methoxy groups -OCH3 is 3. The maximum absolute atomic E-state index is 12.6. The Morgan fingerprint density at radius 1 is 1.03 bits per heavy atom. The second-order valence-electron chi connectivity index (χ2n) is 7.07. The third kappa shape index (κ3) is 4.83. The van der Waals surface area contributed by atoms with Crippen molar-refractivity contribution in [2.45, 2.75) is 32.5 Å². The van der Waals surface area contributed by atoms with E-state index in [2.05, 4.69) is 15.5 Å². The fourth-order valence-corrected chi connectivity index (χ4v) is 4.22. The molecule has 0 bridgehead atoms. The smallest absolute Gasteiger partial charge is 0.234 e. The zero-order valence-corrected chi connectivity index (χ0v) is 20.0. The summed E-state index contributed by atoms with van der Waals surface area (Å²) in [6.07, 6.45) is 0. The summed E-state index contributed by atoms with van der Waals surface area (Å²) in [5.74, 6) is 2.38. The van der Waals surface area contributed by atoms with Crippen molar-refractivity contribution in [2.24, 2.45) is 0 Å². The van der Waals surface area contributed by atoms with Gasteiger partial charge in [0.25, 0.3) is 0 Å². The van der Waals surface area contributed by atoms with Crippen molar-refractivity contribution in [1.29, 1.82) is 0 Å². The zero-order valence-electron chi connectivity index (χ0n) is 19.2. The van der Waals surface area contributed by atoms with E-state index in [0.29, 0.717) is 34.8 Å². The summed E-state index contributed by atoms with van der Waals surface area (Å²) in [4.78, 5) is 12.6. The molecule has 0 saturated heterocycles. The number of thioether (sulfide) groups is 1. The normalized spacial score (nSPS) is 10.7. The van der Waals surface area contributed by atoms with E-state index in [-0.39, 0.29) is 11.7 Å². The highest BCUT2D eigenvalue weighted by atomic mass is 32.2. The number of nitrogens with zero attached hydrogens (tertiary/aromatic N) is 3. The van der Waals surface area contributed by atoms with Gasteiger partial charge in [-0.3, -0.25) is 4.79 Å². The van der Waals surface area contributed by atoms with E-state index in [1.54, 1.807) is 21.3 Å². The van der Waals surface area contributed by atoms with Crippen LogP contribution < -0.4 is 19.5 Å². The number of para-hydroxylation sites is 1. The van der Waals surface area contributed by atoms with Gasteiger partial charge in [-0.1, -0.05) is 30.0 Å². The number of carbonyl (C=O) groups is 1. The van der Waals surface area contributed by atoms with Crippen LogP contribution in [0, 0.1) is 13.8 Å². The van der Waals surface area contributed by atoms with Gasteiger partial charge in [0.15, 0.2) is 22.5 Å². The average Bonchev–Trinajstić information content (AvgIpc) is 3.22. The van der Waals surface area contributed by atoms with Crippen LogP contribution in [0.3, 0.4) is 0 Å². The second kappa shape index (κ2) is 10.4. The van der Waals surface area contributed by atoms with Crippen LogP contribution in [0.15, 0.2) is 35.5 Å². The molecule has 0 aliphatic rings. The summed E-state index contributed by atoms with van der Waals surface area (Å²) >= 11 is 1.34. The molecule has 0 aliphatic carbocycles.